The second-order valence-electron chi connectivity index (χ2n) is 5.51. The molecule has 4 rings (SSSR count). The largest absolute Gasteiger partial charge is 0.548 e. The molecule has 0 saturated heterocycles. The monoisotopic (exact) mass is 368 g/mol. The Balaban J connectivity index is 1.98. The summed E-state index contributed by atoms with van der Waals surface area (Å²) in [5.74, 6) is -1.13. The van der Waals surface area contributed by atoms with E-state index < -0.39 is 18.1 Å². The number of carbonyl (C=O) groups is 1. The molecule has 2 heterocycles. The van der Waals surface area contributed by atoms with Crippen LogP contribution >= 0.6 is 34.8 Å². The molecule has 2 aliphatic rings. The Morgan fingerprint density at radius 2 is 1.96 bits per heavy atom. The summed E-state index contributed by atoms with van der Waals surface area (Å²) in [7, 11) is 0. The molecule has 0 saturated carbocycles. The number of ether oxygens (including phenoxy) is 1. The highest BCUT2D eigenvalue weighted by Crippen LogP contribution is 2.53. The highest BCUT2D eigenvalue weighted by molar-refractivity contribution is 6.36. The van der Waals surface area contributed by atoms with Crippen molar-refractivity contribution in [1.29, 1.82) is 0 Å². The number of benzene rings is 2. The van der Waals surface area contributed by atoms with Crippen molar-refractivity contribution in [2.24, 2.45) is 0 Å². The highest BCUT2D eigenvalue weighted by Gasteiger charge is 2.47. The SMILES string of the molecule is O=C([O-])C1Nc2cc(Cl)cc(Cl)c2C2c3cccc(Cl)c3OC12. The predicted molar refractivity (Wildman–Crippen MR) is 86.6 cm³/mol. The van der Waals surface area contributed by atoms with E-state index in [2.05, 4.69) is 5.32 Å². The molecule has 1 N–H and O–H groups in total. The van der Waals surface area contributed by atoms with Gasteiger partial charge in [-0.3, -0.25) is 0 Å². The lowest BCUT2D eigenvalue weighted by Crippen LogP contribution is -2.53. The van der Waals surface area contributed by atoms with Crippen molar-refractivity contribution >= 4 is 46.5 Å². The van der Waals surface area contributed by atoms with Crippen LogP contribution in [-0.4, -0.2) is 18.1 Å². The van der Waals surface area contributed by atoms with Crippen molar-refractivity contribution in [2.75, 3.05) is 5.32 Å². The van der Waals surface area contributed by atoms with Gasteiger partial charge in [0.1, 0.15) is 17.9 Å². The van der Waals surface area contributed by atoms with Crippen molar-refractivity contribution < 1.29 is 14.6 Å². The molecule has 2 aromatic carbocycles. The number of carboxylic acids is 1. The van der Waals surface area contributed by atoms with Gasteiger partial charge in [-0.15, -0.1) is 0 Å². The average Bonchev–Trinajstić information content (AvgIpc) is 2.86. The van der Waals surface area contributed by atoms with Crippen LogP contribution in [0.5, 0.6) is 5.75 Å². The smallest absolute Gasteiger partial charge is 0.142 e. The lowest BCUT2D eigenvalue weighted by atomic mass is 9.81. The van der Waals surface area contributed by atoms with Gasteiger partial charge in [0, 0.05) is 26.9 Å². The van der Waals surface area contributed by atoms with E-state index in [1.165, 1.54) is 0 Å². The van der Waals surface area contributed by atoms with Crippen LogP contribution in [0.25, 0.3) is 0 Å². The van der Waals surface area contributed by atoms with Gasteiger partial charge in [0.2, 0.25) is 0 Å². The molecule has 7 heteroatoms. The summed E-state index contributed by atoms with van der Waals surface area (Å²) in [6.45, 7) is 0. The molecule has 0 bridgehead atoms. The molecule has 2 aliphatic heterocycles. The summed E-state index contributed by atoms with van der Waals surface area (Å²) in [4.78, 5) is 11.6. The fourth-order valence-electron chi connectivity index (χ4n) is 3.32. The third-order valence-electron chi connectivity index (χ3n) is 4.21. The molecule has 2 aromatic rings. The number of carboxylic acid groups (broad SMARTS) is 1. The minimum absolute atomic E-state index is 0.354. The molecule has 3 atom stereocenters. The van der Waals surface area contributed by atoms with Crippen LogP contribution in [0.3, 0.4) is 0 Å². The first-order valence-corrected chi connectivity index (χ1v) is 8.02. The van der Waals surface area contributed by atoms with Crippen molar-refractivity contribution in [3.05, 3.63) is 56.5 Å². The lowest BCUT2D eigenvalue weighted by molar-refractivity contribution is -0.308. The Labute approximate surface area is 146 Å². The van der Waals surface area contributed by atoms with E-state index in [0.717, 1.165) is 11.1 Å². The summed E-state index contributed by atoms with van der Waals surface area (Å²) < 4.78 is 5.85. The summed E-state index contributed by atoms with van der Waals surface area (Å²) >= 11 is 18.6. The molecule has 23 heavy (non-hydrogen) atoms. The maximum absolute atomic E-state index is 11.6. The number of rotatable bonds is 1. The maximum Gasteiger partial charge on any atom is 0.142 e. The van der Waals surface area contributed by atoms with Crippen LogP contribution in [0.15, 0.2) is 30.3 Å². The van der Waals surface area contributed by atoms with Crippen LogP contribution < -0.4 is 15.2 Å². The number of nitrogens with one attached hydrogen (secondary N) is 1. The molecule has 0 aromatic heterocycles. The van der Waals surface area contributed by atoms with Crippen molar-refractivity contribution in [2.45, 2.75) is 18.1 Å². The Kier molecular flexibility index (Phi) is 3.38. The predicted octanol–water partition coefficient (Wildman–Crippen LogP) is 3.08. The van der Waals surface area contributed by atoms with Crippen LogP contribution in [0, 0.1) is 0 Å². The summed E-state index contributed by atoms with van der Waals surface area (Å²) in [5, 5.41) is 15.8. The molecule has 0 aliphatic carbocycles. The number of carbonyl (C=O) groups excluding carboxylic acids is 1. The van der Waals surface area contributed by atoms with Crippen LogP contribution in [0.4, 0.5) is 5.69 Å². The third-order valence-corrected chi connectivity index (χ3v) is 5.04. The Bertz CT molecular complexity index is 840. The Hall–Kier alpha value is -1.62. The quantitative estimate of drug-likeness (QED) is 0.839. The Morgan fingerprint density at radius 1 is 1.17 bits per heavy atom. The van der Waals surface area contributed by atoms with Crippen LogP contribution in [-0.2, 0) is 4.79 Å². The Morgan fingerprint density at radius 3 is 2.70 bits per heavy atom. The van der Waals surface area contributed by atoms with E-state index >= 15 is 0 Å². The van der Waals surface area contributed by atoms with Crippen molar-refractivity contribution in [3.8, 4) is 5.75 Å². The summed E-state index contributed by atoms with van der Waals surface area (Å²) in [5.41, 5.74) is 2.12. The fraction of sp³-hybridized carbons (Fsp3) is 0.188. The molecule has 0 amide bonds. The highest BCUT2D eigenvalue weighted by atomic mass is 35.5. The topological polar surface area (TPSA) is 61.4 Å². The molecular formula is C16H9Cl3NO3-. The molecule has 0 fully saturated rings. The number of halogens is 3. The maximum atomic E-state index is 11.6. The number of hydrogen-bond acceptors (Lipinski definition) is 4. The van der Waals surface area contributed by atoms with Gasteiger partial charge >= 0.3 is 0 Å². The lowest BCUT2D eigenvalue weighted by Gasteiger charge is -2.37. The van der Waals surface area contributed by atoms with E-state index in [-0.39, 0.29) is 5.92 Å². The summed E-state index contributed by atoms with van der Waals surface area (Å²) in [6.07, 6.45) is -0.693. The molecule has 3 unspecified atom stereocenters. The van der Waals surface area contributed by atoms with Gasteiger partial charge in [0.15, 0.2) is 0 Å². The van der Waals surface area contributed by atoms with E-state index in [0.29, 0.717) is 26.5 Å². The second-order valence-corrected chi connectivity index (χ2v) is 6.76. The van der Waals surface area contributed by atoms with Crippen LogP contribution in [0.2, 0.25) is 15.1 Å². The van der Waals surface area contributed by atoms with E-state index in [1.54, 1.807) is 24.3 Å². The fourth-order valence-corrected chi connectivity index (χ4v) is 4.16. The van der Waals surface area contributed by atoms with Gasteiger partial charge < -0.3 is 20.0 Å². The normalized spacial score (nSPS) is 24.0. The van der Waals surface area contributed by atoms with Gasteiger partial charge in [0.25, 0.3) is 0 Å². The average molecular weight is 370 g/mol. The minimum Gasteiger partial charge on any atom is -0.548 e. The van der Waals surface area contributed by atoms with E-state index in [1.807, 2.05) is 6.07 Å². The van der Waals surface area contributed by atoms with Crippen molar-refractivity contribution in [1.82, 2.24) is 0 Å². The first-order chi connectivity index (χ1) is 11.0. The first-order valence-electron chi connectivity index (χ1n) is 6.89. The number of anilines is 1. The molecular weight excluding hydrogens is 361 g/mol. The number of aliphatic carboxylic acids is 1. The van der Waals surface area contributed by atoms with E-state index in [9.17, 15) is 9.90 Å². The number of fused-ring (bicyclic) bond motifs is 5. The first kappa shape index (κ1) is 14.9. The van der Waals surface area contributed by atoms with Gasteiger partial charge in [0.05, 0.1) is 16.9 Å². The van der Waals surface area contributed by atoms with E-state index in [4.69, 9.17) is 39.5 Å². The second kappa shape index (κ2) is 5.20. The number of hydrogen-bond donors (Lipinski definition) is 1. The van der Waals surface area contributed by atoms with Gasteiger partial charge in [-0.1, -0.05) is 46.9 Å². The van der Waals surface area contributed by atoms with Gasteiger partial charge in [-0.25, -0.2) is 0 Å². The molecule has 0 spiro atoms. The van der Waals surface area contributed by atoms with Crippen LogP contribution in [0.1, 0.15) is 17.0 Å². The zero-order valence-corrected chi connectivity index (χ0v) is 13.7. The van der Waals surface area contributed by atoms with Gasteiger partial charge in [-0.05, 0) is 18.2 Å². The minimum atomic E-state index is -1.26. The van der Waals surface area contributed by atoms with Crippen molar-refractivity contribution in [3.63, 3.8) is 0 Å². The molecule has 118 valence electrons. The zero-order chi connectivity index (χ0) is 16.3. The van der Waals surface area contributed by atoms with Gasteiger partial charge in [-0.2, -0.15) is 0 Å². The zero-order valence-electron chi connectivity index (χ0n) is 11.5. The third kappa shape index (κ3) is 2.17. The summed E-state index contributed by atoms with van der Waals surface area (Å²) in [6, 6.07) is 7.60. The standard InChI is InChI=1S/C16H10Cl3NO3/c17-6-4-9(19)12-10(5-6)20-13(16(21)22)15-11(12)7-2-1-3-8(18)14(7)23-15/h1-5,11,13,15,20H,(H,21,22)/p-1. The molecule has 0 radical (unpaired) electrons. The number of para-hydroxylation sites is 1. The molecule has 4 nitrogen and oxygen atoms in total.